The SMILES string of the molecule is CCn1ncc(Br)c1C(C)(O)CC1CCCCN1. The Kier molecular flexibility index (Phi) is 4.45. The van der Waals surface area contributed by atoms with Gasteiger partial charge in [0.25, 0.3) is 0 Å². The number of piperidine rings is 1. The van der Waals surface area contributed by atoms with Crippen molar-refractivity contribution in [3.8, 4) is 0 Å². The van der Waals surface area contributed by atoms with E-state index in [0.29, 0.717) is 6.04 Å². The Hall–Kier alpha value is -0.390. The van der Waals surface area contributed by atoms with Gasteiger partial charge in [-0.15, -0.1) is 0 Å². The molecule has 18 heavy (non-hydrogen) atoms. The van der Waals surface area contributed by atoms with Crippen LogP contribution in [0.5, 0.6) is 0 Å². The number of aryl methyl sites for hydroxylation is 1. The first-order valence-corrected chi connectivity index (χ1v) is 7.51. The molecule has 0 saturated carbocycles. The van der Waals surface area contributed by atoms with E-state index in [1.807, 2.05) is 18.5 Å². The van der Waals surface area contributed by atoms with Crippen LogP contribution in [0.1, 0.15) is 45.2 Å². The topological polar surface area (TPSA) is 50.1 Å². The highest BCUT2D eigenvalue weighted by atomic mass is 79.9. The number of halogens is 1. The average Bonchev–Trinajstić information content (AvgIpc) is 2.72. The lowest BCUT2D eigenvalue weighted by Gasteiger charge is -2.32. The van der Waals surface area contributed by atoms with Gasteiger partial charge >= 0.3 is 0 Å². The van der Waals surface area contributed by atoms with Crippen LogP contribution in [0, 0.1) is 0 Å². The van der Waals surface area contributed by atoms with Crippen molar-refractivity contribution in [3.63, 3.8) is 0 Å². The molecule has 2 heterocycles. The van der Waals surface area contributed by atoms with E-state index in [2.05, 4.69) is 26.3 Å². The molecule has 2 N–H and O–H groups in total. The number of nitrogens with one attached hydrogen (secondary N) is 1. The van der Waals surface area contributed by atoms with Crippen molar-refractivity contribution in [2.24, 2.45) is 0 Å². The minimum Gasteiger partial charge on any atom is -0.384 e. The van der Waals surface area contributed by atoms with Gasteiger partial charge in [0.2, 0.25) is 0 Å². The van der Waals surface area contributed by atoms with Crippen molar-refractivity contribution < 1.29 is 5.11 Å². The van der Waals surface area contributed by atoms with E-state index in [-0.39, 0.29) is 0 Å². The maximum Gasteiger partial charge on any atom is 0.106 e. The van der Waals surface area contributed by atoms with Gasteiger partial charge in [0.1, 0.15) is 5.60 Å². The van der Waals surface area contributed by atoms with Crippen LogP contribution in [-0.2, 0) is 12.1 Å². The summed E-state index contributed by atoms with van der Waals surface area (Å²) in [5, 5.41) is 18.6. The number of nitrogens with zero attached hydrogens (tertiary/aromatic N) is 2. The monoisotopic (exact) mass is 315 g/mol. The Morgan fingerprint density at radius 2 is 2.39 bits per heavy atom. The molecule has 0 aromatic carbocycles. The highest BCUT2D eigenvalue weighted by Crippen LogP contribution is 2.33. The molecule has 1 aliphatic rings. The van der Waals surface area contributed by atoms with Gasteiger partial charge in [-0.05, 0) is 55.6 Å². The smallest absolute Gasteiger partial charge is 0.106 e. The summed E-state index contributed by atoms with van der Waals surface area (Å²) in [6, 6.07) is 0.404. The van der Waals surface area contributed by atoms with E-state index in [4.69, 9.17) is 0 Å². The molecule has 0 bridgehead atoms. The van der Waals surface area contributed by atoms with Crippen molar-refractivity contribution in [3.05, 3.63) is 16.4 Å². The molecule has 1 aromatic heterocycles. The lowest BCUT2D eigenvalue weighted by molar-refractivity contribution is 0.0239. The molecule has 0 spiro atoms. The number of aliphatic hydroxyl groups is 1. The van der Waals surface area contributed by atoms with E-state index < -0.39 is 5.60 Å². The Bertz CT molecular complexity index is 397. The second-order valence-electron chi connectivity index (χ2n) is 5.28. The molecule has 0 radical (unpaired) electrons. The first-order valence-electron chi connectivity index (χ1n) is 6.72. The normalized spacial score (nSPS) is 23.9. The predicted molar refractivity (Wildman–Crippen MR) is 75.4 cm³/mol. The van der Waals surface area contributed by atoms with Gasteiger partial charge in [0, 0.05) is 12.6 Å². The van der Waals surface area contributed by atoms with E-state index in [0.717, 1.165) is 36.1 Å². The van der Waals surface area contributed by atoms with E-state index in [1.165, 1.54) is 12.8 Å². The van der Waals surface area contributed by atoms with E-state index in [9.17, 15) is 5.11 Å². The standard InChI is InChI=1S/C13H22BrN3O/c1-3-17-12(11(14)9-16-17)13(2,18)8-10-6-4-5-7-15-10/h9-10,15,18H,3-8H2,1-2H3. The first-order chi connectivity index (χ1) is 8.54. The summed E-state index contributed by atoms with van der Waals surface area (Å²) in [7, 11) is 0. The van der Waals surface area contributed by atoms with Crippen molar-refractivity contribution in [1.82, 2.24) is 15.1 Å². The molecule has 1 aliphatic heterocycles. The summed E-state index contributed by atoms with van der Waals surface area (Å²) in [4.78, 5) is 0. The quantitative estimate of drug-likeness (QED) is 0.897. The fraction of sp³-hybridized carbons (Fsp3) is 0.769. The van der Waals surface area contributed by atoms with Gasteiger partial charge in [0.15, 0.2) is 0 Å². The molecule has 2 atom stereocenters. The second kappa shape index (κ2) is 5.72. The van der Waals surface area contributed by atoms with Crippen LogP contribution >= 0.6 is 15.9 Å². The van der Waals surface area contributed by atoms with Crippen molar-refractivity contribution in [2.75, 3.05) is 6.54 Å². The molecular weight excluding hydrogens is 294 g/mol. The van der Waals surface area contributed by atoms with E-state index in [1.54, 1.807) is 6.20 Å². The van der Waals surface area contributed by atoms with Gasteiger partial charge < -0.3 is 10.4 Å². The fourth-order valence-corrected chi connectivity index (χ4v) is 3.54. The molecule has 5 heteroatoms. The summed E-state index contributed by atoms with van der Waals surface area (Å²) in [5.74, 6) is 0. The maximum absolute atomic E-state index is 10.8. The molecule has 2 rings (SSSR count). The third kappa shape index (κ3) is 2.95. The zero-order valence-corrected chi connectivity index (χ0v) is 12.7. The van der Waals surface area contributed by atoms with Gasteiger partial charge in [-0.3, -0.25) is 4.68 Å². The molecule has 0 amide bonds. The Balaban J connectivity index is 2.15. The van der Waals surface area contributed by atoms with Crippen LogP contribution in [0.2, 0.25) is 0 Å². The van der Waals surface area contributed by atoms with Crippen molar-refractivity contribution >= 4 is 15.9 Å². The summed E-state index contributed by atoms with van der Waals surface area (Å²) in [5.41, 5.74) is 0.0396. The molecule has 4 nitrogen and oxygen atoms in total. The van der Waals surface area contributed by atoms with Crippen molar-refractivity contribution in [1.29, 1.82) is 0 Å². The van der Waals surface area contributed by atoms with Gasteiger partial charge in [-0.25, -0.2) is 0 Å². The molecule has 0 aliphatic carbocycles. The van der Waals surface area contributed by atoms with Crippen LogP contribution in [0.4, 0.5) is 0 Å². The van der Waals surface area contributed by atoms with E-state index >= 15 is 0 Å². The molecule has 1 saturated heterocycles. The Morgan fingerprint density at radius 3 is 3.00 bits per heavy atom. The molecular formula is C13H22BrN3O. The molecule has 2 unspecified atom stereocenters. The Morgan fingerprint density at radius 1 is 1.61 bits per heavy atom. The van der Waals surface area contributed by atoms with Crippen LogP contribution in [0.15, 0.2) is 10.7 Å². The molecule has 1 aromatic rings. The predicted octanol–water partition coefficient (Wildman–Crippen LogP) is 2.41. The lowest BCUT2D eigenvalue weighted by atomic mass is 9.89. The Labute approximate surface area is 117 Å². The fourth-order valence-electron chi connectivity index (χ4n) is 2.81. The minimum atomic E-state index is -0.847. The first kappa shape index (κ1) is 14.0. The highest BCUT2D eigenvalue weighted by Gasteiger charge is 2.33. The minimum absolute atomic E-state index is 0.404. The summed E-state index contributed by atoms with van der Waals surface area (Å²) in [6.45, 7) is 5.76. The van der Waals surface area contributed by atoms with Crippen LogP contribution in [0.25, 0.3) is 0 Å². The summed E-state index contributed by atoms with van der Waals surface area (Å²) in [6.07, 6.45) is 6.14. The third-order valence-corrected chi connectivity index (χ3v) is 4.24. The highest BCUT2D eigenvalue weighted by molar-refractivity contribution is 9.10. The lowest BCUT2D eigenvalue weighted by Crippen LogP contribution is -2.40. The number of hydrogen-bond donors (Lipinski definition) is 2. The zero-order valence-electron chi connectivity index (χ0n) is 11.1. The molecule has 1 fully saturated rings. The summed E-state index contributed by atoms with van der Waals surface area (Å²) >= 11 is 3.49. The zero-order chi connectivity index (χ0) is 13.2. The van der Waals surface area contributed by atoms with Crippen molar-refractivity contribution in [2.45, 2.75) is 57.7 Å². The number of hydrogen-bond acceptors (Lipinski definition) is 3. The van der Waals surface area contributed by atoms with Gasteiger partial charge in [0.05, 0.1) is 16.4 Å². The summed E-state index contributed by atoms with van der Waals surface area (Å²) < 4.78 is 2.76. The van der Waals surface area contributed by atoms with Crippen LogP contribution < -0.4 is 5.32 Å². The number of aromatic nitrogens is 2. The van der Waals surface area contributed by atoms with Gasteiger partial charge in [-0.2, -0.15) is 5.10 Å². The third-order valence-electron chi connectivity index (χ3n) is 3.66. The second-order valence-corrected chi connectivity index (χ2v) is 6.14. The average molecular weight is 316 g/mol. The number of rotatable bonds is 4. The van der Waals surface area contributed by atoms with Crippen LogP contribution in [0.3, 0.4) is 0 Å². The molecule has 102 valence electrons. The maximum atomic E-state index is 10.8. The largest absolute Gasteiger partial charge is 0.384 e. The van der Waals surface area contributed by atoms with Crippen LogP contribution in [-0.4, -0.2) is 27.5 Å². The van der Waals surface area contributed by atoms with Gasteiger partial charge in [-0.1, -0.05) is 6.42 Å².